The molecule has 0 aliphatic carbocycles. The van der Waals surface area contributed by atoms with Gasteiger partial charge in [0.15, 0.2) is 0 Å². The van der Waals surface area contributed by atoms with Crippen LogP contribution in [0.4, 0.5) is 13.2 Å². The molecule has 0 aliphatic heterocycles. The van der Waals surface area contributed by atoms with E-state index in [1.807, 2.05) is 0 Å². The van der Waals surface area contributed by atoms with Crippen LogP contribution in [0.1, 0.15) is 11.3 Å². The maximum Gasteiger partial charge on any atom is 0.453 e. The number of methoxy groups -OCH3 is 1. The van der Waals surface area contributed by atoms with Gasteiger partial charge < -0.3 is 24.1 Å². The molecule has 2 aromatic carbocycles. The number of benzene rings is 2. The van der Waals surface area contributed by atoms with Gasteiger partial charge in [-0.2, -0.15) is 13.2 Å². The Morgan fingerprint density at radius 2 is 1.88 bits per heavy atom. The van der Waals surface area contributed by atoms with Crippen molar-refractivity contribution in [3.05, 3.63) is 57.9 Å². The van der Waals surface area contributed by atoms with Crippen molar-refractivity contribution < 1.29 is 42.1 Å². The quantitative estimate of drug-likeness (QED) is 0.556. The third-order valence-corrected chi connectivity index (χ3v) is 4.45. The number of carbonyl (C=O) groups is 1. The minimum atomic E-state index is -5.10. The number of fused-ring (bicyclic) bond motifs is 1. The number of hydrogen-bond acceptors (Lipinski definition) is 7. The Bertz CT molecular complexity index is 1220. The van der Waals surface area contributed by atoms with Gasteiger partial charge in [0.05, 0.1) is 24.6 Å². The summed E-state index contributed by atoms with van der Waals surface area (Å²) in [6.45, 7) is -0.741. The number of phenolic OH excluding ortho intramolecular Hbond substituents is 1. The zero-order valence-corrected chi connectivity index (χ0v) is 16.9. The van der Waals surface area contributed by atoms with Gasteiger partial charge in [0.2, 0.25) is 11.2 Å². The molecule has 0 amide bonds. The number of halogens is 3. The molecule has 0 unspecified atom stereocenters. The molecule has 1 heterocycles. The van der Waals surface area contributed by atoms with E-state index in [0.717, 1.165) is 12.1 Å². The van der Waals surface area contributed by atoms with E-state index in [1.165, 1.54) is 37.3 Å². The van der Waals surface area contributed by atoms with E-state index in [0.29, 0.717) is 5.75 Å². The Kier molecular flexibility index (Phi) is 6.30. The molecule has 170 valence electrons. The lowest BCUT2D eigenvalue weighted by atomic mass is 10.1. The minimum absolute atomic E-state index is 0.0818. The molecule has 0 atom stereocenters. The van der Waals surface area contributed by atoms with Crippen LogP contribution in [0, 0.1) is 0 Å². The lowest BCUT2D eigenvalue weighted by Crippen LogP contribution is -2.25. The van der Waals surface area contributed by atoms with Crippen molar-refractivity contribution in [2.24, 2.45) is 0 Å². The number of nitrogens with zero attached hydrogens (tertiary/aromatic N) is 1. The molecule has 11 heteroatoms. The van der Waals surface area contributed by atoms with Crippen LogP contribution < -0.4 is 14.9 Å². The molecule has 0 spiro atoms. The summed E-state index contributed by atoms with van der Waals surface area (Å²) < 4.78 is 56.7. The van der Waals surface area contributed by atoms with Crippen molar-refractivity contribution in [2.75, 3.05) is 20.7 Å². The molecule has 0 aliphatic rings. The van der Waals surface area contributed by atoms with E-state index in [9.17, 15) is 27.9 Å². The van der Waals surface area contributed by atoms with E-state index in [4.69, 9.17) is 19.0 Å². The number of aliphatic carboxylic acids is 1. The number of carboxylic acid groups (broad SMARTS) is 1. The number of ether oxygens (including phenoxy) is 2. The zero-order valence-electron chi connectivity index (χ0n) is 16.9. The standard InChI is InChI=1S/C21H18F3NO7/c1-25(10-16(27)28)9-14-15(26)7-6-13-17(29)19(20(21(22,23)24)32-18(13)14)31-12-5-3-4-11(8-12)30-2/h3-8,26H,9-10H2,1-2H3,(H,27,28). The number of carboxylic acids is 1. The van der Waals surface area contributed by atoms with Gasteiger partial charge in [0.25, 0.3) is 5.76 Å². The molecule has 0 fully saturated rings. The van der Waals surface area contributed by atoms with E-state index < -0.39 is 47.0 Å². The summed E-state index contributed by atoms with van der Waals surface area (Å²) in [5, 5.41) is 18.8. The van der Waals surface area contributed by atoms with Gasteiger partial charge in [-0.1, -0.05) is 6.07 Å². The van der Waals surface area contributed by atoms with Crippen LogP contribution in [0.5, 0.6) is 23.0 Å². The highest BCUT2D eigenvalue weighted by atomic mass is 19.4. The van der Waals surface area contributed by atoms with Crippen LogP contribution in [0.2, 0.25) is 0 Å². The Balaban J connectivity index is 2.21. The number of rotatable bonds is 7. The van der Waals surface area contributed by atoms with E-state index >= 15 is 0 Å². The van der Waals surface area contributed by atoms with Crippen LogP contribution in [0.15, 0.2) is 45.6 Å². The van der Waals surface area contributed by atoms with Crippen molar-refractivity contribution in [2.45, 2.75) is 12.7 Å². The largest absolute Gasteiger partial charge is 0.507 e. The summed E-state index contributed by atoms with van der Waals surface area (Å²) in [6, 6.07) is 7.88. The summed E-state index contributed by atoms with van der Waals surface area (Å²) in [6.07, 6.45) is -5.10. The highest BCUT2D eigenvalue weighted by Crippen LogP contribution is 2.40. The molecule has 0 saturated heterocycles. The number of alkyl halides is 3. The predicted molar refractivity (Wildman–Crippen MR) is 106 cm³/mol. The summed E-state index contributed by atoms with van der Waals surface area (Å²) in [5.41, 5.74) is -1.79. The van der Waals surface area contributed by atoms with Crippen molar-refractivity contribution >= 4 is 16.9 Å². The molecular weight excluding hydrogens is 435 g/mol. The second-order valence-electron chi connectivity index (χ2n) is 6.87. The first-order valence-corrected chi connectivity index (χ1v) is 9.12. The Morgan fingerprint density at radius 1 is 1.19 bits per heavy atom. The van der Waals surface area contributed by atoms with E-state index in [-0.39, 0.29) is 23.2 Å². The van der Waals surface area contributed by atoms with Crippen LogP contribution in [-0.2, 0) is 17.5 Å². The van der Waals surface area contributed by atoms with Crippen LogP contribution in [0.25, 0.3) is 11.0 Å². The van der Waals surface area contributed by atoms with Gasteiger partial charge in [-0.25, -0.2) is 0 Å². The van der Waals surface area contributed by atoms with Crippen LogP contribution in [-0.4, -0.2) is 41.8 Å². The second-order valence-corrected chi connectivity index (χ2v) is 6.87. The van der Waals surface area contributed by atoms with E-state index in [2.05, 4.69) is 0 Å². The van der Waals surface area contributed by atoms with Gasteiger partial charge in [0.1, 0.15) is 22.8 Å². The zero-order chi connectivity index (χ0) is 23.6. The average Bonchev–Trinajstić information content (AvgIpc) is 2.70. The van der Waals surface area contributed by atoms with Gasteiger partial charge in [0, 0.05) is 12.6 Å². The van der Waals surface area contributed by atoms with Gasteiger partial charge in [-0.15, -0.1) is 0 Å². The van der Waals surface area contributed by atoms with Gasteiger partial charge >= 0.3 is 12.1 Å². The SMILES string of the molecule is COc1cccc(Oc2c(C(F)(F)F)oc3c(CN(C)CC(=O)O)c(O)ccc3c2=O)c1. The van der Waals surface area contributed by atoms with E-state index in [1.54, 1.807) is 6.07 Å². The third-order valence-electron chi connectivity index (χ3n) is 4.45. The molecule has 3 rings (SSSR count). The first-order valence-electron chi connectivity index (χ1n) is 9.12. The number of aromatic hydroxyl groups is 1. The summed E-state index contributed by atoms with van der Waals surface area (Å²) in [7, 11) is 2.75. The fourth-order valence-electron chi connectivity index (χ4n) is 3.06. The Labute approximate surface area is 179 Å². The maximum atomic E-state index is 13.8. The van der Waals surface area contributed by atoms with Crippen LogP contribution >= 0.6 is 0 Å². The average molecular weight is 453 g/mol. The Hall–Kier alpha value is -3.73. The van der Waals surface area contributed by atoms with Crippen LogP contribution in [0.3, 0.4) is 0 Å². The highest BCUT2D eigenvalue weighted by molar-refractivity contribution is 5.83. The molecule has 3 aromatic rings. The molecular formula is C21H18F3NO7. The highest BCUT2D eigenvalue weighted by Gasteiger charge is 2.41. The van der Waals surface area contributed by atoms with Crippen molar-refractivity contribution in [3.63, 3.8) is 0 Å². The summed E-state index contributed by atoms with van der Waals surface area (Å²) in [5.74, 6) is -4.18. The number of likely N-dealkylation sites (N-methyl/N-ethyl adjacent to an activating group) is 1. The number of hydrogen-bond donors (Lipinski definition) is 2. The normalized spacial score (nSPS) is 11.7. The fourth-order valence-corrected chi connectivity index (χ4v) is 3.06. The lowest BCUT2D eigenvalue weighted by molar-refractivity contribution is -0.154. The predicted octanol–water partition coefficient (Wildman–Crippen LogP) is 3.83. The minimum Gasteiger partial charge on any atom is -0.507 e. The van der Waals surface area contributed by atoms with Crippen molar-refractivity contribution in [1.82, 2.24) is 4.90 Å². The van der Waals surface area contributed by atoms with Crippen molar-refractivity contribution in [3.8, 4) is 23.0 Å². The third kappa shape index (κ3) is 4.78. The Morgan fingerprint density at radius 3 is 2.50 bits per heavy atom. The first kappa shape index (κ1) is 22.9. The summed E-state index contributed by atoms with van der Waals surface area (Å²) >= 11 is 0. The number of phenols is 1. The van der Waals surface area contributed by atoms with Gasteiger partial charge in [-0.3, -0.25) is 14.5 Å². The fraction of sp³-hybridized carbons (Fsp3) is 0.238. The van der Waals surface area contributed by atoms with Gasteiger partial charge in [-0.05, 0) is 31.3 Å². The molecule has 32 heavy (non-hydrogen) atoms. The molecule has 0 radical (unpaired) electrons. The molecule has 0 bridgehead atoms. The molecule has 8 nitrogen and oxygen atoms in total. The lowest BCUT2D eigenvalue weighted by Gasteiger charge is -2.18. The smallest absolute Gasteiger partial charge is 0.453 e. The topological polar surface area (TPSA) is 109 Å². The van der Waals surface area contributed by atoms with Crippen molar-refractivity contribution in [1.29, 1.82) is 0 Å². The first-order chi connectivity index (χ1) is 15.0. The monoisotopic (exact) mass is 453 g/mol. The second kappa shape index (κ2) is 8.79. The molecule has 2 N–H and O–H groups in total. The molecule has 0 saturated carbocycles. The summed E-state index contributed by atoms with van der Waals surface area (Å²) in [4.78, 5) is 25.1. The maximum absolute atomic E-state index is 13.8. The molecule has 1 aromatic heterocycles.